The normalized spacial score (nSPS) is 19.9. The molecule has 18 nitrogen and oxygen atoms in total. The van der Waals surface area contributed by atoms with Crippen molar-refractivity contribution in [3.63, 3.8) is 0 Å². The molecule has 6 amide bonds. The molecule has 9 atom stereocenters. The Labute approximate surface area is 415 Å². The largest absolute Gasteiger partial charge is 0.484 e. The van der Waals surface area contributed by atoms with Crippen molar-refractivity contribution in [2.75, 3.05) is 68.1 Å². The van der Waals surface area contributed by atoms with E-state index in [-0.39, 0.29) is 73.9 Å². The van der Waals surface area contributed by atoms with Gasteiger partial charge in [0.2, 0.25) is 23.6 Å². The summed E-state index contributed by atoms with van der Waals surface area (Å²) >= 11 is 1.35. The SMILES string of the molecule is CCC.CCC(C)C(C(CC(=O)N1CCCC1C(OC)C(C)C(=O)NC(Cc1ccc(OCC(=O)N2CCC(C(=O)O)C2)cc1)C(=O)NSC1CC1)OC)N(C)C(=O)CNC(=O)C(C(C)C)N(C)C. The van der Waals surface area contributed by atoms with Crippen LogP contribution >= 0.6 is 11.9 Å². The maximum absolute atomic E-state index is 14.3. The zero-order valence-electron chi connectivity index (χ0n) is 43.3. The number of carbonyl (C=O) groups excluding carboxylic acids is 6. The minimum Gasteiger partial charge on any atom is -0.484 e. The van der Waals surface area contributed by atoms with Gasteiger partial charge in [-0.25, -0.2) is 0 Å². The Balaban J connectivity index is 0.00000409. The monoisotopic (exact) mass is 990 g/mol. The van der Waals surface area contributed by atoms with Crippen molar-refractivity contribution >= 4 is 53.4 Å². The van der Waals surface area contributed by atoms with E-state index in [1.54, 1.807) is 48.0 Å². The van der Waals surface area contributed by atoms with Crippen LogP contribution in [0.5, 0.6) is 5.75 Å². The zero-order valence-corrected chi connectivity index (χ0v) is 44.1. The summed E-state index contributed by atoms with van der Waals surface area (Å²) < 4.78 is 20.6. The highest BCUT2D eigenvalue weighted by atomic mass is 32.2. The highest BCUT2D eigenvalue weighted by Gasteiger charge is 2.43. The Kier molecular flexibility index (Phi) is 24.8. The van der Waals surface area contributed by atoms with E-state index in [1.807, 2.05) is 46.7 Å². The standard InChI is InChI=1S/C47H75N7O11S.C3H8/c1-11-29(4)42(52(8)39(56)25-48-46(60)41(28(2)3)51(6)7)37(63-9)24-38(55)54-21-12-13-36(54)43(64-10)30(5)44(58)49-35(45(59)50-66-34-18-19-34)23-31-14-16-33(17-15-31)65-27-40(57)53-22-20-32(26-53)47(61)62;1-3-2/h14-17,28-30,32,34-37,41-43H,11-13,18-27H2,1-10H3,(H,48,60)(H,49,58)(H,50,59)(H,61,62);3H2,1-2H3. The van der Waals surface area contributed by atoms with Crippen LogP contribution in [0.25, 0.3) is 0 Å². The number of likely N-dealkylation sites (tertiary alicyclic amines) is 2. The van der Waals surface area contributed by atoms with Gasteiger partial charge in [-0.15, -0.1) is 0 Å². The molecule has 2 heterocycles. The molecule has 4 rings (SSSR count). The molecule has 2 aliphatic heterocycles. The first-order valence-electron chi connectivity index (χ1n) is 24.8. The Hall–Kier alpha value is -4.46. The van der Waals surface area contributed by atoms with Gasteiger partial charge >= 0.3 is 5.97 Å². The fourth-order valence-corrected chi connectivity index (χ4v) is 9.94. The molecule has 1 saturated carbocycles. The molecule has 1 aliphatic carbocycles. The molecule has 19 heteroatoms. The number of carbonyl (C=O) groups is 7. The number of carboxylic acid groups (broad SMARTS) is 1. The number of rotatable bonds is 26. The average molecular weight is 990 g/mol. The number of hydrogen-bond acceptors (Lipinski definition) is 12. The number of carboxylic acids is 1. The third kappa shape index (κ3) is 17.7. The van der Waals surface area contributed by atoms with Crippen LogP contribution in [0.3, 0.4) is 0 Å². The summed E-state index contributed by atoms with van der Waals surface area (Å²) in [5.74, 6) is -3.62. The number of methoxy groups -OCH3 is 2. The van der Waals surface area contributed by atoms with Gasteiger partial charge in [0, 0.05) is 52.6 Å². The molecule has 69 heavy (non-hydrogen) atoms. The number of amides is 6. The van der Waals surface area contributed by atoms with E-state index in [9.17, 15) is 38.7 Å². The fraction of sp³-hybridized carbons (Fsp3) is 0.740. The van der Waals surface area contributed by atoms with Gasteiger partial charge in [0.15, 0.2) is 6.61 Å². The predicted molar refractivity (Wildman–Crippen MR) is 266 cm³/mol. The molecule has 1 aromatic rings. The highest BCUT2D eigenvalue weighted by molar-refractivity contribution is 7.98. The first kappa shape index (κ1) is 58.9. The summed E-state index contributed by atoms with van der Waals surface area (Å²) in [4.78, 5) is 99.2. The molecule has 390 valence electrons. The molecular weight excluding hydrogens is 907 g/mol. The average Bonchev–Trinajstić information content (AvgIpc) is 3.77. The van der Waals surface area contributed by atoms with Crippen LogP contribution < -0.4 is 20.1 Å². The van der Waals surface area contributed by atoms with E-state index < -0.39 is 60.1 Å². The van der Waals surface area contributed by atoms with Crippen molar-refractivity contribution in [2.45, 2.75) is 148 Å². The number of aliphatic carboxylic acids is 1. The first-order chi connectivity index (χ1) is 32.7. The van der Waals surface area contributed by atoms with Gasteiger partial charge in [-0.3, -0.25) is 43.2 Å². The van der Waals surface area contributed by atoms with Crippen LogP contribution in [0.4, 0.5) is 0 Å². The maximum atomic E-state index is 14.3. The lowest BCUT2D eigenvalue weighted by Crippen LogP contribution is -2.55. The molecule has 4 N–H and O–H groups in total. The Bertz CT molecular complexity index is 1830. The van der Waals surface area contributed by atoms with Gasteiger partial charge in [0.05, 0.1) is 55.1 Å². The van der Waals surface area contributed by atoms with E-state index in [4.69, 9.17) is 14.2 Å². The van der Waals surface area contributed by atoms with Crippen molar-refractivity contribution in [2.24, 2.45) is 23.7 Å². The van der Waals surface area contributed by atoms with E-state index in [2.05, 4.69) is 29.2 Å². The third-order valence-electron chi connectivity index (χ3n) is 13.3. The quantitative estimate of drug-likeness (QED) is 0.0968. The van der Waals surface area contributed by atoms with Crippen molar-refractivity contribution < 1.29 is 52.9 Å². The van der Waals surface area contributed by atoms with Crippen molar-refractivity contribution in [3.05, 3.63) is 29.8 Å². The molecule has 9 unspecified atom stereocenters. The summed E-state index contributed by atoms with van der Waals surface area (Å²) in [5, 5.41) is 15.4. The van der Waals surface area contributed by atoms with Gasteiger partial charge in [-0.1, -0.05) is 73.4 Å². The maximum Gasteiger partial charge on any atom is 0.308 e. The van der Waals surface area contributed by atoms with Crippen LogP contribution in [-0.2, 0) is 49.5 Å². The summed E-state index contributed by atoms with van der Waals surface area (Å²) in [6.07, 6.45) is 4.44. The van der Waals surface area contributed by atoms with Gasteiger partial charge in [-0.2, -0.15) is 0 Å². The molecule has 3 fully saturated rings. The van der Waals surface area contributed by atoms with E-state index in [1.165, 1.54) is 37.5 Å². The van der Waals surface area contributed by atoms with Crippen molar-refractivity contribution in [1.82, 2.24) is 35.0 Å². The minimum absolute atomic E-state index is 0.0221. The van der Waals surface area contributed by atoms with E-state index in [0.717, 1.165) is 18.4 Å². The third-order valence-corrected chi connectivity index (χ3v) is 14.4. The number of hydrogen-bond donors (Lipinski definition) is 4. The molecule has 3 aliphatic rings. The van der Waals surface area contributed by atoms with Crippen LogP contribution in [-0.4, -0.2) is 176 Å². The summed E-state index contributed by atoms with van der Waals surface area (Å²) in [6.45, 7) is 14.4. The van der Waals surface area contributed by atoms with Crippen LogP contribution in [0.2, 0.25) is 0 Å². The molecule has 0 radical (unpaired) electrons. The van der Waals surface area contributed by atoms with Crippen LogP contribution in [0.1, 0.15) is 105 Å². The number of benzene rings is 1. The molecule has 2 saturated heterocycles. The Morgan fingerprint density at radius 2 is 1.51 bits per heavy atom. The summed E-state index contributed by atoms with van der Waals surface area (Å²) in [5.41, 5.74) is 0.738. The second kappa shape index (κ2) is 29.0. The number of nitrogens with one attached hydrogen (secondary N) is 3. The lowest BCUT2D eigenvalue weighted by atomic mass is 9.90. The lowest BCUT2D eigenvalue weighted by molar-refractivity contribution is -0.146. The summed E-state index contributed by atoms with van der Waals surface area (Å²) in [7, 11) is 8.37. The minimum atomic E-state index is -0.937. The van der Waals surface area contributed by atoms with E-state index >= 15 is 0 Å². The number of likely N-dealkylation sites (N-methyl/N-ethyl adjacent to an activating group) is 2. The number of nitrogens with zero attached hydrogens (tertiary/aromatic N) is 4. The fourth-order valence-electron chi connectivity index (χ4n) is 9.14. The Morgan fingerprint density at radius 3 is 2.04 bits per heavy atom. The lowest BCUT2D eigenvalue weighted by Gasteiger charge is -2.39. The van der Waals surface area contributed by atoms with Crippen molar-refractivity contribution in [1.29, 1.82) is 0 Å². The van der Waals surface area contributed by atoms with Gasteiger partial charge in [0.25, 0.3) is 11.8 Å². The topological polar surface area (TPSA) is 216 Å². The molecule has 0 spiro atoms. The van der Waals surface area contributed by atoms with E-state index in [0.29, 0.717) is 49.8 Å². The molecular formula is C50H83N7O11S. The first-order valence-corrected chi connectivity index (χ1v) is 25.6. The number of ether oxygens (including phenoxy) is 3. The second-order valence-corrected chi connectivity index (χ2v) is 20.5. The van der Waals surface area contributed by atoms with Crippen molar-refractivity contribution in [3.8, 4) is 5.75 Å². The van der Waals surface area contributed by atoms with Crippen LogP contribution in [0, 0.1) is 23.7 Å². The molecule has 1 aromatic carbocycles. The highest BCUT2D eigenvalue weighted by Crippen LogP contribution is 2.32. The molecule has 0 aromatic heterocycles. The predicted octanol–water partition coefficient (Wildman–Crippen LogP) is 3.99. The smallest absolute Gasteiger partial charge is 0.308 e. The van der Waals surface area contributed by atoms with Gasteiger partial charge in [0.1, 0.15) is 11.8 Å². The van der Waals surface area contributed by atoms with Gasteiger partial charge in [-0.05, 0) is 87.7 Å². The molecule has 0 bridgehead atoms. The van der Waals surface area contributed by atoms with Crippen LogP contribution in [0.15, 0.2) is 24.3 Å². The summed E-state index contributed by atoms with van der Waals surface area (Å²) in [6, 6.07) is 4.64. The second-order valence-electron chi connectivity index (χ2n) is 19.4. The zero-order chi connectivity index (χ0) is 51.5. The van der Waals surface area contributed by atoms with Gasteiger partial charge < -0.3 is 44.7 Å². The Morgan fingerprint density at radius 1 is 0.855 bits per heavy atom.